The third kappa shape index (κ3) is 6.53. The van der Waals surface area contributed by atoms with Crippen molar-refractivity contribution in [3.63, 3.8) is 0 Å². The number of nitrogens with zero attached hydrogens (tertiary/aromatic N) is 2. The third-order valence-corrected chi connectivity index (χ3v) is 4.33. The molecule has 0 aliphatic carbocycles. The smallest absolute Gasteiger partial charge is 0.309 e. The summed E-state index contributed by atoms with van der Waals surface area (Å²) in [5, 5.41) is 5.88. The van der Waals surface area contributed by atoms with Gasteiger partial charge in [0.2, 0.25) is 0 Å². The molecule has 0 unspecified atom stereocenters. The number of nitrogens with one attached hydrogen (secondary N) is 2. The summed E-state index contributed by atoms with van der Waals surface area (Å²) in [6.45, 7) is 5.58. The van der Waals surface area contributed by atoms with E-state index in [1.165, 1.54) is 5.69 Å². The second-order valence-corrected chi connectivity index (χ2v) is 6.25. The molecule has 8 heteroatoms. The standard InChI is InChI=1S/C17H25ClN4O3/c1-25-13-7-20-17(24)16(23)19-6-8-21-9-11-22(12-10-21)15-4-2-14(18)3-5-15/h2-5H,6-13H2,1H3,(H,19,23)(H,20,24). The minimum atomic E-state index is -0.621. The van der Waals surface area contributed by atoms with Crippen LogP contribution in [0, 0.1) is 0 Å². The number of hydrogen-bond donors (Lipinski definition) is 2. The Bertz CT molecular complexity index is 560. The molecule has 0 atom stereocenters. The van der Waals surface area contributed by atoms with Crippen LogP contribution in [0.3, 0.4) is 0 Å². The molecule has 0 aromatic heterocycles. The summed E-state index contributed by atoms with van der Waals surface area (Å²) in [7, 11) is 1.54. The molecule has 1 aromatic rings. The van der Waals surface area contributed by atoms with Gasteiger partial charge in [0.15, 0.2) is 0 Å². The Hall–Kier alpha value is -1.83. The highest BCUT2D eigenvalue weighted by Gasteiger charge is 2.18. The number of ether oxygens (including phenoxy) is 1. The maximum atomic E-state index is 11.6. The molecule has 2 rings (SSSR count). The molecule has 1 aliphatic heterocycles. The number of piperazine rings is 1. The van der Waals surface area contributed by atoms with E-state index in [0.29, 0.717) is 19.7 Å². The monoisotopic (exact) mass is 368 g/mol. The molecular weight excluding hydrogens is 344 g/mol. The van der Waals surface area contributed by atoms with Crippen LogP contribution in [0.15, 0.2) is 24.3 Å². The first-order chi connectivity index (χ1) is 12.1. The van der Waals surface area contributed by atoms with E-state index in [0.717, 1.165) is 37.7 Å². The molecule has 1 saturated heterocycles. The Morgan fingerprint density at radius 2 is 1.64 bits per heavy atom. The van der Waals surface area contributed by atoms with Crippen molar-refractivity contribution in [3.8, 4) is 0 Å². The lowest BCUT2D eigenvalue weighted by atomic mass is 10.2. The molecule has 1 aromatic carbocycles. The largest absolute Gasteiger partial charge is 0.383 e. The highest BCUT2D eigenvalue weighted by molar-refractivity contribution is 6.35. The zero-order chi connectivity index (χ0) is 18.1. The van der Waals surface area contributed by atoms with E-state index in [2.05, 4.69) is 20.4 Å². The Morgan fingerprint density at radius 3 is 2.24 bits per heavy atom. The summed E-state index contributed by atoms with van der Waals surface area (Å²) in [6.07, 6.45) is 0. The van der Waals surface area contributed by atoms with Crippen LogP contribution < -0.4 is 15.5 Å². The first-order valence-electron chi connectivity index (χ1n) is 8.38. The lowest BCUT2D eigenvalue weighted by Gasteiger charge is -2.36. The van der Waals surface area contributed by atoms with Gasteiger partial charge in [-0.25, -0.2) is 0 Å². The second kappa shape index (κ2) is 10.2. The molecule has 2 N–H and O–H groups in total. The van der Waals surface area contributed by atoms with E-state index in [9.17, 15) is 9.59 Å². The molecule has 0 radical (unpaired) electrons. The number of amides is 2. The number of rotatable bonds is 7. The summed E-state index contributed by atoms with van der Waals surface area (Å²) in [6, 6.07) is 7.85. The summed E-state index contributed by atoms with van der Waals surface area (Å²) >= 11 is 5.92. The fourth-order valence-corrected chi connectivity index (χ4v) is 2.76. The van der Waals surface area contributed by atoms with Crippen molar-refractivity contribution in [3.05, 3.63) is 29.3 Å². The van der Waals surface area contributed by atoms with Crippen LogP contribution in [-0.4, -0.2) is 76.2 Å². The van der Waals surface area contributed by atoms with Crippen molar-refractivity contribution < 1.29 is 14.3 Å². The molecule has 138 valence electrons. The summed E-state index contributed by atoms with van der Waals surface area (Å²) < 4.78 is 4.82. The topological polar surface area (TPSA) is 73.9 Å². The predicted octanol–water partition coefficient (Wildman–Crippen LogP) is 0.341. The van der Waals surface area contributed by atoms with Crippen LogP contribution in [0.1, 0.15) is 0 Å². The van der Waals surface area contributed by atoms with Crippen LogP contribution >= 0.6 is 11.6 Å². The number of hydrogen-bond acceptors (Lipinski definition) is 5. The molecule has 1 fully saturated rings. The first-order valence-corrected chi connectivity index (χ1v) is 8.76. The van der Waals surface area contributed by atoms with Crippen LogP contribution in [0.4, 0.5) is 5.69 Å². The molecule has 0 spiro atoms. The van der Waals surface area contributed by atoms with Crippen molar-refractivity contribution in [2.75, 3.05) is 64.4 Å². The molecule has 0 saturated carbocycles. The highest BCUT2D eigenvalue weighted by Crippen LogP contribution is 2.19. The average molecular weight is 369 g/mol. The molecular formula is C17H25ClN4O3. The van der Waals surface area contributed by atoms with Crippen molar-refractivity contribution in [2.45, 2.75) is 0 Å². The number of halogens is 1. The van der Waals surface area contributed by atoms with Crippen LogP contribution in [0.2, 0.25) is 5.02 Å². The van der Waals surface area contributed by atoms with Crippen LogP contribution in [0.25, 0.3) is 0 Å². The van der Waals surface area contributed by atoms with Gasteiger partial charge >= 0.3 is 11.8 Å². The summed E-state index contributed by atoms with van der Waals surface area (Å²) in [5.41, 5.74) is 1.17. The predicted molar refractivity (Wildman–Crippen MR) is 98.0 cm³/mol. The molecule has 2 amide bonds. The number of carbonyl (C=O) groups is 2. The van der Waals surface area contributed by atoms with E-state index >= 15 is 0 Å². The van der Waals surface area contributed by atoms with E-state index in [1.807, 2.05) is 24.3 Å². The maximum absolute atomic E-state index is 11.6. The SMILES string of the molecule is COCCNC(=O)C(=O)NCCN1CCN(c2ccc(Cl)cc2)CC1. The van der Waals surface area contributed by atoms with Crippen molar-refractivity contribution >= 4 is 29.1 Å². The normalized spacial score (nSPS) is 15.0. The average Bonchev–Trinajstić information content (AvgIpc) is 2.63. The Morgan fingerprint density at radius 1 is 1.04 bits per heavy atom. The quantitative estimate of drug-likeness (QED) is 0.536. The summed E-state index contributed by atoms with van der Waals surface area (Å²) in [5.74, 6) is -1.22. The van der Waals surface area contributed by atoms with Gasteiger partial charge in [0.25, 0.3) is 0 Å². The molecule has 25 heavy (non-hydrogen) atoms. The van der Waals surface area contributed by atoms with Crippen molar-refractivity contribution in [2.24, 2.45) is 0 Å². The number of methoxy groups -OCH3 is 1. The first kappa shape index (κ1) is 19.5. The van der Waals surface area contributed by atoms with Crippen molar-refractivity contribution in [1.29, 1.82) is 0 Å². The Balaban J connectivity index is 1.63. The Kier molecular flexibility index (Phi) is 7.97. The third-order valence-electron chi connectivity index (χ3n) is 4.08. The van der Waals surface area contributed by atoms with Gasteiger partial charge < -0.3 is 20.3 Å². The zero-order valence-corrected chi connectivity index (χ0v) is 15.2. The fourth-order valence-electron chi connectivity index (χ4n) is 2.64. The van der Waals surface area contributed by atoms with E-state index < -0.39 is 11.8 Å². The van der Waals surface area contributed by atoms with Crippen LogP contribution in [0.5, 0.6) is 0 Å². The van der Waals surface area contributed by atoms with Gasteiger partial charge in [-0.2, -0.15) is 0 Å². The number of anilines is 1. The van der Waals surface area contributed by atoms with Gasteiger partial charge in [-0.05, 0) is 24.3 Å². The molecule has 1 heterocycles. The maximum Gasteiger partial charge on any atom is 0.309 e. The summed E-state index contributed by atoms with van der Waals surface area (Å²) in [4.78, 5) is 27.7. The highest BCUT2D eigenvalue weighted by atomic mass is 35.5. The second-order valence-electron chi connectivity index (χ2n) is 5.81. The van der Waals surface area contributed by atoms with E-state index in [1.54, 1.807) is 7.11 Å². The van der Waals surface area contributed by atoms with Gasteiger partial charge in [-0.1, -0.05) is 11.6 Å². The van der Waals surface area contributed by atoms with Gasteiger partial charge in [0.1, 0.15) is 0 Å². The Labute approximate surface area is 153 Å². The number of benzene rings is 1. The number of carbonyl (C=O) groups excluding carboxylic acids is 2. The molecule has 7 nitrogen and oxygen atoms in total. The minimum Gasteiger partial charge on any atom is -0.383 e. The van der Waals surface area contributed by atoms with E-state index in [-0.39, 0.29) is 0 Å². The molecule has 0 bridgehead atoms. The van der Waals surface area contributed by atoms with E-state index in [4.69, 9.17) is 16.3 Å². The zero-order valence-electron chi connectivity index (χ0n) is 14.5. The fraction of sp³-hybridized carbons (Fsp3) is 0.529. The van der Waals surface area contributed by atoms with Crippen LogP contribution in [-0.2, 0) is 14.3 Å². The van der Waals surface area contributed by atoms with Gasteiger partial charge in [-0.3, -0.25) is 14.5 Å². The van der Waals surface area contributed by atoms with Crippen molar-refractivity contribution in [1.82, 2.24) is 15.5 Å². The van der Waals surface area contributed by atoms with Gasteiger partial charge in [0, 0.05) is 63.6 Å². The minimum absolute atomic E-state index is 0.329. The lowest BCUT2D eigenvalue weighted by Crippen LogP contribution is -2.49. The lowest BCUT2D eigenvalue weighted by molar-refractivity contribution is -0.139. The molecule has 1 aliphatic rings. The van der Waals surface area contributed by atoms with Gasteiger partial charge in [0.05, 0.1) is 6.61 Å². The van der Waals surface area contributed by atoms with Gasteiger partial charge in [-0.15, -0.1) is 0 Å².